The molecule has 1 aromatic carbocycles. The number of hydrogen-bond donors (Lipinski definition) is 1. The first-order chi connectivity index (χ1) is 26.9. The number of rotatable bonds is 9. The Morgan fingerprint density at radius 3 is 2.56 bits per heavy atom. The molecular weight excluding hydrogens is 751 g/mol. The molecule has 5 atom stereocenters. The van der Waals surface area contributed by atoms with Crippen LogP contribution in [0.5, 0.6) is 6.01 Å². The van der Waals surface area contributed by atoms with Crippen LogP contribution >= 0.6 is 0 Å². The Morgan fingerprint density at radius 1 is 1.11 bits per heavy atom. The van der Waals surface area contributed by atoms with Crippen molar-refractivity contribution in [3.05, 3.63) is 48.9 Å². The van der Waals surface area contributed by atoms with E-state index in [9.17, 15) is 27.6 Å². The number of Topliss-reactive ketones (excluding diaryl/α,β-unsaturated/α-hetero) is 1. The lowest BCUT2D eigenvalue weighted by molar-refractivity contribution is -0.159. The summed E-state index contributed by atoms with van der Waals surface area (Å²) in [5.41, 5.74) is 0.838. The summed E-state index contributed by atoms with van der Waals surface area (Å²) in [6.45, 7) is 9.38. The van der Waals surface area contributed by atoms with Crippen LogP contribution in [0, 0.1) is 17.3 Å². The molecule has 4 heterocycles. The van der Waals surface area contributed by atoms with Crippen LogP contribution in [0.2, 0.25) is 0 Å². The number of nitrogens with one attached hydrogen (secondary N) is 1. The predicted octanol–water partition coefficient (Wildman–Crippen LogP) is 5.18. The molecule has 1 N–H and O–H groups in total. The Hall–Kier alpha value is -4.70. The van der Waals surface area contributed by atoms with Crippen LogP contribution in [0.15, 0.2) is 48.9 Å². The van der Waals surface area contributed by atoms with Crippen molar-refractivity contribution in [2.24, 2.45) is 17.3 Å². The number of esters is 1. The molecule has 0 bridgehead atoms. The minimum absolute atomic E-state index is 0.0376. The van der Waals surface area contributed by atoms with E-state index in [-0.39, 0.29) is 49.5 Å². The van der Waals surface area contributed by atoms with Crippen molar-refractivity contribution in [2.75, 3.05) is 20.6 Å². The first-order valence-corrected chi connectivity index (χ1v) is 21.2. The summed E-state index contributed by atoms with van der Waals surface area (Å²) < 4.78 is 42.9. The van der Waals surface area contributed by atoms with Crippen LogP contribution in [0.25, 0.3) is 22.3 Å². The summed E-state index contributed by atoms with van der Waals surface area (Å²) in [5.74, 6) is -3.09. The van der Waals surface area contributed by atoms with Crippen LogP contribution in [0.4, 0.5) is 0 Å². The Morgan fingerprint density at radius 2 is 1.88 bits per heavy atom. The molecule has 3 aliphatic rings. The highest BCUT2D eigenvalue weighted by atomic mass is 32.2. The van der Waals surface area contributed by atoms with Crippen molar-refractivity contribution in [1.29, 1.82) is 0 Å². The smallest absolute Gasteiger partial charge is 0.307 e. The maximum atomic E-state index is 14.7. The molecule has 2 aromatic heterocycles. The maximum absolute atomic E-state index is 14.7. The number of benzene rings is 1. The molecule has 0 unspecified atom stereocenters. The first-order valence-electron chi connectivity index (χ1n) is 19.8. The number of allylic oxidation sites excluding steroid dienone is 2. The van der Waals surface area contributed by atoms with Gasteiger partial charge in [0.15, 0.2) is 5.78 Å². The van der Waals surface area contributed by atoms with E-state index in [2.05, 4.69) is 14.7 Å². The van der Waals surface area contributed by atoms with Gasteiger partial charge in [-0.1, -0.05) is 37.1 Å². The average Bonchev–Trinajstić information content (AvgIpc) is 3.46. The summed E-state index contributed by atoms with van der Waals surface area (Å²) in [7, 11) is -1.50. The SMILES string of the molecule is CC(C)n1c(O[C@@H]2C[C@H]3C(=O)C[C@]4(C(=O)NS(=O)(=O)N(C)C)C[C@H]4/C=C\CCCCC[C@H](CC(=O)OC(C)(C)C)C(=O)N3C2)nc2c(-c3cnccn3)cccc21. The fourth-order valence-electron chi connectivity index (χ4n) is 7.99. The quantitative estimate of drug-likeness (QED) is 0.222. The third-order valence-electron chi connectivity index (χ3n) is 11.0. The lowest BCUT2D eigenvalue weighted by Crippen LogP contribution is -2.47. The van der Waals surface area contributed by atoms with Gasteiger partial charge in [-0.15, -0.1) is 0 Å². The molecule has 0 radical (unpaired) electrons. The summed E-state index contributed by atoms with van der Waals surface area (Å²) in [4.78, 5) is 71.5. The molecule has 57 heavy (non-hydrogen) atoms. The van der Waals surface area contributed by atoms with E-state index in [1.165, 1.54) is 19.0 Å². The fourth-order valence-corrected chi connectivity index (χ4v) is 8.61. The van der Waals surface area contributed by atoms with Crippen molar-refractivity contribution in [3.63, 3.8) is 0 Å². The number of fused-ring (bicyclic) bond motifs is 3. The number of amides is 2. The number of hydrogen-bond acceptors (Lipinski definition) is 11. The van der Waals surface area contributed by atoms with E-state index in [0.717, 1.165) is 34.6 Å². The second-order valence-corrected chi connectivity index (χ2v) is 18.9. The van der Waals surface area contributed by atoms with Crippen LogP contribution in [0.3, 0.4) is 0 Å². The number of aromatic nitrogens is 4. The molecule has 1 saturated carbocycles. The molecule has 1 saturated heterocycles. The Bertz CT molecular complexity index is 2130. The van der Waals surface area contributed by atoms with E-state index in [0.29, 0.717) is 36.5 Å². The molecule has 0 spiro atoms. The van der Waals surface area contributed by atoms with E-state index < -0.39 is 51.2 Å². The summed E-state index contributed by atoms with van der Waals surface area (Å²) in [6.07, 6.45) is 11.5. The molecular formula is C41H55N7O8S. The number of imidazole rings is 1. The molecule has 6 rings (SSSR count). The second kappa shape index (κ2) is 16.6. The third kappa shape index (κ3) is 9.38. The molecule has 2 fully saturated rings. The van der Waals surface area contributed by atoms with E-state index in [4.69, 9.17) is 14.5 Å². The largest absolute Gasteiger partial charge is 0.460 e. The van der Waals surface area contributed by atoms with Gasteiger partial charge in [0.2, 0.25) is 11.8 Å². The molecule has 3 aromatic rings. The van der Waals surface area contributed by atoms with E-state index in [1.807, 2.05) is 48.8 Å². The molecule has 2 amide bonds. The first kappa shape index (κ1) is 41.9. The van der Waals surface area contributed by atoms with Gasteiger partial charge < -0.3 is 14.4 Å². The third-order valence-corrected chi connectivity index (χ3v) is 12.4. The predicted molar refractivity (Wildman–Crippen MR) is 213 cm³/mol. The molecule has 1 aliphatic carbocycles. The number of carbonyl (C=O) groups excluding carboxylic acids is 4. The highest BCUT2D eigenvalue weighted by Gasteiger charge is 2.61. The lowest BCUT2D eigenvalue weighted by atomic mass is 9.90. The maximum Gasteiger partial charge on any atom is 0.307 e. The van der Waals surface area contributed by atoms with Crippen molar-refractivity contribution in [2.45, 2.75) is 116 Å². The van der Waals surface area contributed by atoms with Crippen LogP contribution in [-0.2, 0) is 34.1 Å². The highest BCUT2D eigenvalue weighted by Crippen LogP contribution is 2.57. The van der Waals surface area contributed by atoms with Crippen LogP contribution in [-0.4, -0.2) is 99.1 Å². The number of nitrogens with zero attached hydrogens (tertiary/aromatic N) is 6. The van der Waals surface area contributed by atoms with Crippen LogP contribution < -0.4 is 9.46 Å². The van der Waals surface area contributed by atoms with Crippen molar-refractivity contribution >= 4 is 44.8 Å². The standard InChI is InChI=1S/C41H55N7O8S/c1-26(2)48-32-17-13-16-30(31-24-42-18-19-43-31)36(32)44-39(48)55-29-21-33-34(49)23-41(38(52)45-57(53,54)46(6)7)22-28(41)15-12-10-8-9-11-14-27(37(51)47(33)25-29)20-35(50)56-40(3,4)5/h12-13,15-19,24,26-29,33H,8-11,14,20-23,25H2,1-7H3,(H,45,52)/b15-12-/t27-,28-,29-,33+,41-/m1/s1. The monoisotopic (exact) mass is 805 g/mol. The normalized spacial score (nSPS) is 25.4. The average molecular weight is 806 g/mol. The van der Waals surface area contributed by atoms with Gasteiger partial charge in [0.25, 0.3) is 6.01 Å². The summed E-state index contributed by atoms with van der Waals surface area (Å²) in [6, 6.07) is 5.02. The Kier molecular flexibility index (Phi) is 12.2. The van der Waals surface area contributed by atoms with Crippen molar-refractivity contribution < 1.29 is 37.1 Å². The number of carbonyl (C=O) groups is 4. The second-order valence-electron chi connectivity index (χ2n) is 17.0. The van der Waals surface area contributed by atoms with Gasteiger partial charge in [-0.25, -0.2) is 4.72 Å². The van der Waals surface area contributed by atoms with Crippen LogP contribution in [0.1, 0.15) is 98.4 Å². The summed E-state index contributed by atoms with van der Waals surface area (Å²) >= 11 is 0. The minimum Gasteiger partial charge on any atom is -0.460 e. The van der Waals surface area contributed by atoms with E-state index >= 15 is 0 Å². The van der Waals surface area contributed by atoms with Gasteiger partial charge in [0.05, 0.1) is 41.8 Å². The number of para-hydroxylation sites is 1. The van der Waals surface area contributed by atoms with Gasteiger partial charge in [-0.2, -0.15) is 17.7 Å². The van der Waals surface area contributed by atoms with Crippen molar-refractivity contribution in [1.82, 2.24) is 33.4 Å². The van der Waals surface area contributed by atoms with Gasteiger partial charge in [-0.3, -0.25) is 33.7 Å². The van der Waals surface area contributed by atoms with Gasteiger partial charge >= 0.3 is 16.2 Å². The zero-order valence-corrected chi connectivity index (χ0v) is 34.8. The van der Waals surface area contributed by atoms with Gasteiger partial charge in [0, 0.05) is 56.9 Å². The zero-order chi connectivity index (χ0) is 41.3. The number of ketones is 1. The van der Waals surface area contributed by atoms with Crippen molar-refractivity contribution in [3.8, 4) is 17.3 Å². The minimum atomic E-state index is -4.13. The topological polar surface area (TPSA) is 183 Å². The van der Waals surface area contributed by atoms with Gasteiger partial charge in [-0.05, 0) is 72.3 Å². The van der Waals surface area contributed by atoms with Gasteiger partial charge in [0.1, 0.15) is 17.2 Å². The Labute approximate surface area is 334 Å². The van der Waals surface area contributed by atoms with E-state index in [1.54, 1.807) is 39.4 Å². The lowest BCUT2D eigenvalue weighted by Gasteiger charge is -2.29. The Balaban J connectivity index is 1.36. The molecule has 2 aliphatic heterocycles. The number of ether oxygens (including phenoxy) is 2. The zero-order valence-electron chi connectivity index (χ0n) is 33.9. The molecule has 308 valence electrons. The highest BCUT2D eigenvalue weighted by molar-refractivity contribution is 7.87. The molecule has 16 heteroatoms. The summed E-state index contributed by atoms with van der Waals surface area (Å²) in [5, 5.41) is 0. The fraction of sp³-hybridized carbons (Fsp3) is 0.585. The molecule has 15 nitrogen and oxygen atoms in total.